The van der Waals surface area contributed by atoms with E-state index in [9.17, 15) is 4.79 Å². The average molecular weight is 399 g/mol. The maximum Gasteiger partial charge on any atom is 0.261 e. The largest absolute Gasteiger partial charge is 0.484 e. The number of hydrogen-bond donors (Lipinski definition) is 0. The van der Waals surface area contributed by atoms with E-state index in [0.717, 1.165) is 19.4 Å². The molecule has 1 unspecified atom stereocenters. The Morgan fingerprint density at radius 3 is 2.79 bits per heavy atom. The summed E-state index contributed by atoms with van der Waals surface area (Å²) in [5.41, 5.74) is 0. The van der Waals surface area contributed by atoms with E-state index in [0.29, 0.717) is 43.0 Å². The number of hydrogen-bond acceptors (Lipinski definition) is 6. The first-order valence-corrected chi connectivity index (χ1v) is 10.7. The third kappa shape index (κ3) is 5.35. The van der Waals surface area contributed by atoms with Crippen molar-refractivity contribution in [1.29, 1.82) is 0 Å². The number of para-hydroxylation sites is 1. The molecule has 2 aromatic rings. The van der Waals surface area contributed by atoms with E-state index in [-0.39, 0.29) is 18.6 Å². The van der Waals surface area contributed by atoms with Crippen molar-refractivity contribution in [2.75, 3.05) is 26.4 Å². The molecular formula is C22H29N3O4. The molecule has 29 heavy (non-hydrogen) atoms. The molecule has 1 amide bonds. The minimum Gasteiger partial charge on any atom is -0.484 e. The van der Waals surface area contributed by atoms with Crippen molar-refractivity contribution >= 4 is 5.91 Å². The molecule has 0 N–H and O–H groups in total. The molecule has 1 saturated heterocycles. The Kier molecular flexibility index (Phi) is 6.77. The Morgan fingerprint density at radius 2 is 1.97 bits per heavy atom. The Morgan fingerprint density at radius 1 is 1.14 bits per heavy atom. The third-order valence-corrected chi connectivity index (χ3v) is 5.75. The molecule has 1 aliphatic carbocycles. The molecule has 2 fully saturated rings. The zero-order valence-corrected chi connectivity index (χ0v) is 16.8. The summed E-state index contributed by atoms with van der Waals surface area (Å²) < 4.78 is 16.9. The molecule has 1 atom stereocenters. The lowest BCUT2D eigenvalue weighted by Gasteiger charge is -2.21. The molecule has 7 heteroatoms. The molecular weight excluding hydrogens is 370 g/mol. The molecule has 4 rings (SSSR count). The van der Waals surface area contributed by atoms with Crippen molar-refractivity contribution in [2.24, 2.45) is 5.92 Å². The quantitative estimate of drug-likeness (QED) is 0.600. The minimum atomic E-state index is -0.164. The van der Waals surface area contributed by atoms with Gasteiger partial charge in [-0.15, -0.1) is 0 Å². The van der Waals surface area contributed by atoms with Crippen molar-refractivity contribution in [2.45, 2.75) is 51.0 Å². The van der Waals surface area contributed by atoms with Gasteiger partial charge in [-0.2, -0.15) is 4.98 Å². The van der Waals surface area contributed by atoms with Gasteiger partial charge in [-0.3, -0.25) is 4.79 Å². The van der Waals surface area contributed by atoms with Crippen LogP contribution in [0.2, 0.25) is 0 Å². The second-order valence-electron chi connectivity index (χ2n) is 7.87. The lowest BCUT2D eigenvalue weighted by Crippen LogP contribution is -2.34. The SMILES string of the molecule is O=C(COc1ccccc1)N1CCCC1c1nc(CCOCC2CCCC2)no1. The predicted octanol–water partition coefficient (Wildman–Crippen LogP) is 3.56. The van der Waals surface area contributed by atoms with Gasteiger partial charge in [0.05, 0.1) is 6.61 Å². The summed E-state index contributed by atoms with van der Waals surface area (Å²) in [5.74, 6) is 2.50. The van der Waals surface area contributed by atoms with Crippen LogP contribution in [0.1, 0.15) is 56.3 Å². The van der Waals surface area contributed by atoms with Crippen LogP contribution in [0.3, 0.4) is 0 Å². The van der Waals surface area contributed by atoms with Crippen molar-refractivity contribution in [3.05, 3.63) is 42.0 Å². The van der Waals surface area contributed by atoms with E-state index in [2.05, 4.69) is 10.1 Å². The molecule has 7 nitrogen and oxygen atoms in total. The zero-order chi connectivity index (χ0) is 19.9. The first kappa shape index (κ1) is 19.9. The Labute approximate surface area is 171 Å². The molecule has 2 aliphatic rings. The second-order valence-corrected chi connectivity index (χ2v) is 7.87. The average Bonchev–Trinajstić information content (AvgIpc) is 3.51. The molecule has 0 spiro atoms. The van der Waals surface area contributed by atoms with Gasteiger partial charge in [0.2, 0.25) is 5.89 Å². The van der Waals surface area contributed by atoms with Crippen LogP contribution in [-0.4, -0.2) is 47.3 Å². The Hall–Kier alpha value is -2.41. The third-order valence-electron chi connectivity index (χ3n) is 5.75. The second kappa shape index (κ2) is 9.87. The summed E-state index contributed by atoms with van der Waals surface area (Å²) in [7, 11) is 0. The van der Waals surface area contributed by atoms with Crippen LogP contribution >= 0.6 is 0 Å². The van der Waals surface area contributed by atoms with Crippen LogP contribution in [0, 0.1) is 5.92 Å². The summed E-state index contributed by atoms with van der Waals surface area (Å²) in [5, 5.41) is 4.08. The lowest BCUT2D eigenvalue weighted by molar-refractivity contribution is -0.134. The highest BCUT2D eigenvalue weighted by Gasteiger charge is 2.34. The van der Waals surface area contributed by atoms with Gasteiger partial charge < -0.3 is 18.9 Å². The fourth-order valence-corrected chi connectivity index (χ4v) is 4.16. The number of rotatable bonds is 9. The summed E-state index contributed by atoms with van der Waals surface area (Å²) in [6, 6.07) is 9.20. The summed E-state index contributed by atoms with van der Waals surface area (Å²) in [6.45, 7) is 2.13. The van der Waals surface area contributed by atoms with Gasteiger partial charge in [0, 0.05) is 19.6 Å². The maximum absolute atomic E-state index is 12.6. The zero-order valence-electron chi connectivity index (χ0n) is 16.8. The highest BCUT2D eigenvalue weighted by Crippen LogP contribution is 2.31. The van der Waals surface area contributed by atoms with Crippen LogP contribution < -0.4 is 4.74 Å². The molecule has 2 heterocycles. The van der Waals surface area contributed by atoms with Crippen molar-refractivity contribution in [3.8, 4) is 5.75 Å². The van der Waals surface area contributed by atoms with E-state index in [1.54, 1.807) is 4.90 Å². The molecule has 1 aliphatic heterocycles. The number of carbonyl (C=O) groups excluding carboxylic acids is 1. The van der Waals surface area contributed by atoms with Crippen molar-refractivity contribution < 1.29 is 18.8 Å². The van der Waals surface area contributed by atoms with Crippen LogP contribution in [0.15, 0.2) is 34.9 Å². The predicted molar refractivity (Wildman–Crippen MR) is 106 cm³/mol. The molecule has 1 aromatic heterocycles. The van der Waals surface area contributed by atoms with E-state index >= 15 is 0 Å². The van der Waals surface area contributed by atoms with Crippen LogP contribution in [-0.2, 0) is 16.0 Å². The van der Waals surface area contributed by atoms with Crippen LogP contribution in [0.25, 0.3) is 0 Å². The van der Waals surface area contributed by atoms with Crippen molar-refractivity contribution in [3.63, 3.8) is 0 Å². The number of ether oxygens (including phenoxy) is 2. The first-order valence-electron chi connectivity index (χ1n) is 10.7. The van der Waals surface area contributed by atoms with E-state index in [1.165, 1.54) is 25.7 Å². The van der Waals surface area contributed by atoms with Crippen LogP contribution in [0.5, 0.6) is 5.75 Å². The molecule has 0 bridgehead atoms. The molecule has 1 aromatic carbocycles. The Bertz CT molecular complexity index is 773. The van der Waals surface area contributed by atoms with E-state index in [1.807, 2.05) is 30.3 Å². The van der Waals surface area contributed by atoms with Gasteiger partial charge in [-0.05, 0) is 43.7 Å². The number of aromatic nitrogens is 2. The van der Waals surface area contributed by atoms with E-state index < -0.39 is 0 Å². The van der Waals surface area contributed by atoms with Gasteiger partial charge in [0.15, 0.2) is 12.4 Å². The highest BCUT2D eigenvalue weighted by molar-refractivity contribution is 5.78. The maximum atomic E-state index is 12.6. The first-order chi connectivity index (χ1) is 14.3. The molecule has 0 radical (unpaired) electrons. The van der Waals surface area contributed by atoms with Gasteiger partial charge >= 0.3 is 0 Å². The fraction of sp³-hybridized carbons (Fsp3) is 0.591. The Balaban J connectivity index is 1.25. The summed E-state index contributed by atoms with van der Waals surface area (Å²) in [4.78, 5) is 18.9. The van der Waals surface area contributed by atoms with Crippen LogP contribution in [0.4, 0.5) is 0 Å². The van der Waals surface area contributed by atoms with Gasteiger partial charge in [-0.25, -0.2) is 0 Å². The smallest absolute Gasteiger partial charge is 0.261 e. The highest BCUT2D eigenvalue weighted by atomic mass is 16.5. The van der Waals surface area contributed by atoms with E-state index in [4.69, 9.17) is 14.0 Å². The number of nitrogens with zero attached hydrogens (tertiary/aromatic N) is 3. The standard InChI is InChI=1S/C22H29N3O4/c26-21(16-28-18-9-2-1-3-10-18)25-13-6-11-19(25)22-23-20(24-29-22)12-14-27-15-17-7-4-5-8-17/h1-3,9-10,17,19H,4-8,11-16H2. The van der Waals surface area contributed by atoms with Crippen molar-refractivity contribution in [1.82, 2.24) is 15.0 Å². The molecule has 156 valence electrons. The van der Waals surface area contributed by atoms with Gasteiger partial charge in [0.25, 0.3) is 5.91 Å². The van der Waals surface area contributed by atoms with Gasteiger partial charge in [0.1, 0.15) is 11.8 Å². The topological polar surface area (TPSA) is 77.7 Å². The lowest BCUT2D eigenvalue weighted by atomic mass is 10.1. The number of amides is 1. The number of benzene rings is 1. The summed E-state index contributed by atoms with van der Waals surface area (Å²) >= 11 is 0. The fourth-order valence-electron chi connectivity index (χ4n) is 4.16. The normalized spacial score (nSPS) is 19.7. The monoisotopic (exact) mass is 399 g/mol. The number of carbonyl (C=O) groups is 1. The minimum absolute atomic E-state index is 0.0104. The number of likely N-dealkylation sites (tertiary alicyclic amines) is 1. The van der Waals surface area contributed by atoms with Gasteiger partial charge in [-0.1, -0.05) is 36.2 Å². The summed E-state index contributed by atoms with van der Waals surface area (Å²) in [6.07, 6.45) is 7.61. The molecule has 1 saturated carbocycles.